The molecule has 1 fully saturated rings. The number of phenolic OH excluding ortho intramolecular Hbond substituents is 1. The van der Waals surface area contributed by atoms with Gasteiger partial charge in [0.2, 0.25) is 0 Å². The molecule has 0 bridgehead atoms. The molecule has 116 valence electrons. The molecule has 0 aliphatic carbocycles. The average Bonchev–Trinajstić information content (AvgIpc) is 2.83. The number of hydrogen-bond donors (Lipinski definition) is 1. The van der Waals surface area contributed by atoms with Crippen LogP contribution >= 0.6 is 0 Å². The number of likely N-dealkylation sites (tertiary alicyclic amines) is 1. The lowest BCUT2D eigenvalue weighted by Gasteiger charge is -2.28. The van der Waals surface area contributed by atoms with Gasteiger partial charge >= 0.3 is 6.09 Å². The first-order valence-electron chi connectivity index (χ1n) is 7.26. The quantitative estimate of drug-likeness (QED) is 0.930. The topological polar surface area (TPSA) is 59.0 Å². The van der Waals surface area contributed by atoms with Crippen LogP contribution in [0.2, 0.25) is 0 Å². The lowest BCUT2D eigenvalue weighted by molar-refractivity contribution is 0.0187. The predicted molar refractivity (Wildman–Crippen MR) is 79.6 cm³/mol. The van der Waals surface area contributed by atoms with Crippen molar-refractivity contribution in [3.63, 3.8) is 0 Å². The van der Waals surface area contributed by atoms with Gasteiger partial charge in [-0.1, -0.05) is 6.07 Å². The Hall–Kier alpha value is -1.91. The molecule has 2 rings (SSSR count). The zero-order valence-electron chi connectivity index (χ0n) is 12.8. The predicted octanol–water partition coefficient (Wildman–Crippen LogP) is 3.17. The second kappa shape index (κ2) is 6.24. The number of carbonyl (C=O) groups is 1. The van der Waals surface area contributed by atoms with E-state index in [0.29, 0.717) is 18.9 Å². The van der Waals surface area contributed by atoms with Crippen molar-refractivity contribution in [3.8, 4) is 11.5 Å². The summed E-state index contributed by atoms with van der Waals surface area (Å²) in [5, 5.41) is 9.41. The summed E-state index contributed by atoms with van der Waals surface area (Å²) in [7, 11) is 0. The Bertz CT molecular complexity index is 495. The number of phenols is 1. The molecule has 0 spiro atoms. The largest absolute Gasteiger partial charge is 0.508 e. The van der Waals surface area contributed by atoms with Gasteiger partial charge < -0.3 is 19.5 Å². The number of nitrogens with zero attached hydrogens (tertiary/aromatic N) is 1. The Morgan fingerprint density at radius 3 is 2.86 bits per heavy atom. The SMILES string of the molecule is CC(C)(C)OC(=O)N1CCCC1COc1cccc(O)c1. The number of ether oxygens (including phenoxy) is 2. The molecular formula is C16H23NO4. The Labute approximate surface area is 125 Å². The molecule has 0 aromatic heterocycles. The summed E-state index contributed by atoms with van der Waals surface area (Å²) in [6.07, 6.45) is 1.57. The van der Waals surface area contributed by atoms with Crippen molar-refractivity contribution in [1.82, 2.24) is 4.90 Å². The van der Waals surface area contributed by atoms with Gasteiger partial charge in [0.15, 0.2) is 0 Å². The lowest BCUT2D eigenvalue weighted by atomic mass is 10.2. The van der Waals surface area contributed by atoms with Crippen molar-refractivity contribution in [1.29, 1.82) is 0 Å². The first kappa shape index (κ1) is 15.5. The van der Waals surface area contributed by atoms with Crippen molar-refractivity contribution in [2.75, 3.05) is 13.2 Å². The standard InChI is InChI=1S/C16H23NO4/c1-16(2,3)21-15(19)17-9-5-6-12(17)11-20-14-8-4-7-13(18)10-14/h4,7-8,10,12,18H,5-6,9,11H2,1-3H3. The Morgan fingerprint density at radius 1 is 1.43 bits per heavy atom. The fourth-order valence-electron chi connectivity index (χ4n) is 2.34. The molecule has 21 heavy (non-hydrogen) atoms. The third-order valence-electron chi connectivity index (χ3n) is 3.27. The van der Waals surface area contributed by atoms with Crippen molar-refractivity contribution in [3.05, 3.63) is 24.3 Å². The van der Waals surface area contributed by atoms with Crippen LogP contribution in [-0.2, 0) is 4.74 Å². The fraction of sp³-hybridized carbons (Fsp3) is 0.562. The molecule has 1 aliphatic rings. The molecule has 1 atom stereocenters. The summed E-state index contributed by atoms with van der Waals surface area (Å²) in [5.74, 6) is 0.772. The van der Waals surface area contributed by atoms with Crippen LogP contribution in [-0.4, -0.2) is 40.9 Å². The zero-order chi connectivity index (χ0) is 15.5. The molecule has 0 radical (unpaired) electrons. The van der Waals surface area contributed by atoms with E-state index in [9.17, 15) is 9.90 Å². The minimum absolute atomic E-state index is 0.0159. The van der Waals surface area contributed by atoms with Crippen LogP contribution in [0.3, 0.4) is 0 Å². The van der Waals surface area contributed by atoms with Crippen LogP contribution in [0.25, 0.3) is 0 Å². The number of aromatic hydroxyl groups is 1. The van der Waals surface area contributed by atoms with Crippen molar-refractivity contribution >= 4 is 6.09 Å². The van der Waals surface area contributed by atoms with Crippen LogP contribution in [0.4, 0.5) is 4.79 Å². The van der Waals surface area contributed by atoms with E-state index in [0.717, 1.165) is 12.8 Å². The van der Waals surface area contributed by atoms with Gasteiger partial charge in [-0.15, -0.1) is 0 Å². The second-order valence-electron chi connectivity index (χ2n) is 6.28. The van der Waals surface area contributed by atoms with E-state index in [1.807, 2.05) is 20.8 Å². The Kier molecular flexibility index (Phi) is 4.60. The molecule has 5 heteroatoms. The smallest absolute Gasteiger partial charge is 0.410 e. The molecule has 0 saturated carbocycles. The maximum absolute atomic E-state index is 12.1. The zero-order valence-corrected chi connectivity index (χ0v) is 12.8. The molecule has 1 N–H and O–H groups in total. The highest BCUT2D eigenvalue weighted by molar-refractivity contribution is 5.69. The summed E-state index contributed by atoms with van der Waals surface area (Å²) in [6, 6.07) is 6.68. The number of benzene rings is 1. The van der Waals surface area contributed by atoms with E-state index in [4.69, 9.17) is 9.47 Å². The Morgan fingerprint density at radius 2 is 2.19 bits per heavy atom. The lowest BCUT2D eigenvalue weighted by Crippen LogP contribution is -2.42. The van der Waals surface area contributed by atoms with Crippen molar-refractivity contribution in [2.24, 2.45) is 0 Å². The van der Waals surface area contributed by atoms with Crippen molar-refractivity contribution in [2.45, 2.75) is 45.3 Å². The molecule has 1 amide bonds. The van der Waals surface area contributed by atoms with Crippen LogP contribution in [0.1, 0.15) is 33.6 Å². The molecule has 1 unspecified atom stereocenters. The highest BCUT2D eigenvalue weighted by atomic mass is 16.6. The van der Waals surface area contributed by atoms with E-state index in [1.54, 1.807) is 29.2 Å². The van der Waals surface area contributed by atoms with Gasteiger partial charge in [-0.2, -0.15) is 0 Å². The van der Waals surface area contributed by atoms with E-state index in [-0.39, 0.29) is 17.9 Å². The summed E-state index contributed by atoms with van der Waals surface area (Å²) >= 11 is 0. The van der Waals surface area contributed by atoms with Gasteiger partial charge in [-0.05, 0) is 45.7 Å². The van der Waals surface area contributed by atoms with Crippen LogP contribution in [0.15, 0.2) is 24.3 Å². The van der Waals surface area contributed by atoms with E-state index in [2.05, 4.69) is 0 Å². The Balaban J connectivity index is 1.91. The van der Waals surface area contributed by atoms with Gasteiger partial charge in [0.05, 0.1) is 6.04 Å². The van der Waals surface area contributed by atoms with Gasteiger partial charge in [0, 0.05) is 12.6 Å². The van der Waals surface area contributed by atoms with Crippen molar-refractivity contribution < 1.29 is 19.4 Å². The number of hydrogen-bond acceptors (Lipinski definition) is 4. The molecule has 5 nitrogen and oxygen atoms in total. The van der Waals surface area contributed by atoms with Crippen LogP contribution in [0.5, 0.6) is 11.5 Å². The summed E-state index contributed by atoms with van der Waals surface area (Å²) < 4.78 is 11.1. The highest BCUT2D eigenvalue weighted by Gasteiger charge is 2.32. The maximum atomic E-state index is 12.1. The summed E-state index contributed by atoms with van der Waals surface area (Å²) in [4.78, 5) is 13.9. The first-order chi connectivity index (χ1) is 9.85. The first-order valence-corrected chi connectivity index (χ1v) is 7.26. The average molecular weight is 293 g/mol. The summed E-state index contributed by atoms with van der Waals surface area (Å²) in [5.41, 5.74) is -0.490. The molecular weight excluding hydrogens is 270 g/mol. The van der Waals surface area contributed by atoms with E-state index in [1.165, 1.54) is 0 Å². The molecule has 1 saturated heterocycles. The van der Waals surface area contributed by atoms with Gasteiger partial charge in [0.1, 0.15) is 23.7 Å². The molecule has 1 aromatic rings. The molecule has 1 aromatic carbocycles. The molecule has 1 aliphatic heterocycles. The number of carbonyl (C=O) groups excluding carboxylic acids is 1. The maximum Gasteiger partial charge on any atom is 0.410 e. The van der Waals surface area contributed by atoms with E-state index >= 15 is 0 Å². The van der Waals surface area contributed by atoms with Crippen LogP contribution in [0, 0.1) is 0 Å². The third kappa shape index (κ3) is 4.55. The van der Waals surface area contributed by atoms with Gasteiger partial charge in [-0.25, -0.2) is 4.79 Å². The number of rotatable bonds is 3. The normalized spacial score (nSPS) is 18.6. The van der Waals surface area contributed by atoms with Crippen LogP contribution < -0.4 is 4.74 Å². The minimum atomic E-state index is -0.490. The second-order valence-corrected chi connectivity index (χ2v) is 6.28. The van der Waals surface area contributed by atoms with E-state index < -0.39 is 5.60 Å². The summed E-state index contributed by atoms with van der Waals surface area (Å²) in [6.45, 7) is 6.68. The minimum Gasteiger partial charge on any atom is -0.508 e. The molecule has 1 heterocycles. The van der Waals surface area contributed by atoms with Gasteiger partial charge in [0.25, 0.3) is 0 Å². The number of amides is 1. The third-order valence-corrected chi connectivity index (χ3v) is 3.27. The van der Waals surface area contributed by atoms with Gasteiger partial charge in [-0.3, -0.25) is 0 Å². The highest BCUT2D eigenvalue weighted by Crippen LogP contribution is 2.23. The monoisotopic (exact) mass is 293 g/mol. The fourth-order valence-corrected chi connectivity index (χ4v) is 2.34.